The third kappa shape index (κ3) is 0.939. The number of allylic oxidation sites excluding steroid dienone is 1. The van der Waals surface area contributed by atoms with Crippen LogP contribution in [0.3, 0.4) is 0 Å². The summed E-state index contributed by atoms with van der Waals surface area (Å²) in [6, 6.07) is 0. The topological polar surface area (TPSA) is 26.3 Å². The molecule has 54 valence electrons. The van der Waals surface area contributed by atoms with Gasteiger partial charge in [0.2, 0.25) is 0 Å². The Kier molecular flexibility index (Phi) is 1.26. The van der Waals surface area contributed by atoms with E-state index in [0.717, 1.165) is 12.8 Å². The minimum atomic E-state index is -0.0301. The highest BCUT2D eigenvalue weighted by molar-refractivity contribution is 5.71. The molecule has 1 saturated heterocycles. The summed E-state index contributed by atoms with van der Waals surface area (Å²) >= 11 is 0. The molecule has 0 unspecified atom stereocenters. The second kappa shape index (κ2) is 2.11. The predicted molar refractivity (Wildman–Crippen MR) is 36.4 cm³/mol. The zero-order valence-electron chi connectivity index (χ0n) is 5.75. The quantitative estimate of drug-likeness (QED) is 0.372. The lowest BCUT2D eigenvalue weighted by Gasteiger charge is -2.13. The maximum Gasteiger partial charge on any atom is 0.306 e. The van der Waals surface area contributed by atoms with Crippen LogP contribution in [0.25, 0.3) is 0 Å². The molecule has 2 aliphatic heterocycles. The SMILES string of the molecule is O=C1C[C@@H]2C=C[C@@H](CC2)O1. The number of fused-ring (bicyclic) bond motifs is 3. The second-order valence-corrected chi connectivity index (χ2v) is 2.95. The van der Waals surface area contributed by atoms with Crippen LogP contribution in [-0.4, -0.2) is 12.1 Å². The predicted octanol–water partition coefficient (Wildman–Crippen LogP) is 1.27. The summed E-state index contributed by atoms with van der Waals surface area (Å²) < 4.78 is 5.08. The van der Waals surface area contributed by atoms with Crippen LogP contribution < -0.4 is 0 Å². The third-order valence-electron chi connectivity index (χ3n) is 2.13. The van der Waals surface area contributed by atoms with Gasteiger partial charge in [0.15, 0.2) is 0 Å². The minimum Gasteiger partial charge on any atom is -0.458 e. The Hall–Kier alpha value is -0.790. The summed E-state index contributed by atoms with van der Waals surface area (Å²) in [5, 5.41) is 0. The van der Waals surface area contributed by atoms with Gasteiger partial charge in [0.05, 0.1) is 6.42 Å². The first-order valence-electron chi connectivity index (χ1n) is 3.72. The molecule has 2 atom stereocenters. The van der Waals surface area contributed by atoms with Crippen molar-refractivity contribution in [2.45, 2.75) is 25.4 Å². The highest BCUT2D eigenvalue weighted by Gasteiger charge is 2.25. The van der Waals surface area contributed by atoms with E-state index in [4.69, 9.17) is 4.74 Å². The Balaban J connectivity index is 2.21. The summed E-state index contributed by atoms with van der Waals surface area (Å²) in [4.78, 5) is 10.9. The van der Waals surface area contributed by atoms with Gasteiger partial charge in [-0.1, -0.05) is 6.08 Å². The van der Waals surface area contributed by atoms with Gasteiger partial charge in [0.25, 0.3) is 0 Å². The van der Waals surface area contributed by atoms with Crippen LogP contribution in [0.1, 0.15) is 19.3 Å². The zero-order chi connectivity index (χ0) is 6.97. The largest absolute Gasteiger partial charge is 0.458 e. The molecular weight excluding hydrogens is 128 g/mol. The van der Waals surface area contributed by atoms with Crippen molar-refractivity contribution in [2.24, 2.45) is 5.92 Å². The van der Waals surface area contributed by atoms with E-state index in [9.17, 15) is 4.79 Å². The van der Waals surface area contributed by atoms with Crippen LogP contribution in [0.4, 0.5) is 0 Å². The maximum absolute atomic E-state index is 10.9. The number of carbonyl (C=O) groups excluding carboxylic acids is 1. The molecule has 2 heteroatoms. The van der Waals surface area contributed by atoms with Crippen LogP contribution >= 0.6 is 0 Å². The van der Waals surface area contributed by atoms with E-state index in [-0.39, 0.29) is 12.1 Å². The van der Waals surface area contributed by atoms with Gasteiger partial charge in [-0.05, 0) is 24.8 Å². The van der Waals surface area contributed by atoms with Crippen LogP contribution in [0.5, 0.6) is 0 Å². The first kappa shape index (κ1) is 5.96. The maximum atomic E-state index is 10.9. The molecule has 2 nitrogen and oxygen atoms in total. The fourth-order valence-electron chi connectivity index (χ4n) is 1.55. The standard InChI is InChI=1S/C8H10O2/c9-8-5-6-1-3-7(10-8)4-2-6/h1,3,6-7H,2,4-5H2/t6-,7+/m1/s1. The van der Waals surface area contributed by atoms with Gasteiger partial charge in [-0.3, -0.25) is 4.79 Å². The van der Waals surface area contributed by atoms with Crippen molar-refractivity contribution in [2.75, 3.05) is 0 Å². The Morgan fingerprint density at radius 2 is 2.30 bits per heavy atom. The Bertz CT molecular complexity index is 166. The summed E-state index contributed by atoms with van der Waals surface area (Å²) in [6.07, 6.45) is 6.94. The van der Waals surface area contributed by atoms with Gasteiger partial charge >= 0.3 is 5.97 Å². The van der Waals surface area contributed by atoms with Gasteiger partial charge in [0, 0.05) is 0 Å². The van der Waals surface area contributed by atoms with Crippen molar-refractivity contribution in [3.8, 4) is 0 Å². The van der Waals surface area contributed by atoms with Gasteiger partial charge < -0.3 is 4.74 Å². The number of hydrogen-bond donors (Lipinski definition) is 0. The normalized spacial score (nSPS) is 37.4. The zero-order valence-corrected chi connectivity index (χ0v) is 5.75. The lowest BCUT2D eigenvalue weighted by molar-refractivity contribution is -0.145. The Morgan fingerprint density at radius 1 is 1.40 bits per heavy atom. The number of rotatable bonds is 0. The summed E-state index contributed by atoms with van der Waals surface area (Å²) in [5.41, 5.74) is 0. The van der Waals surface area contributed by atoms with Crippen LogP contribution in [-0.2, 0) is 9.53 Å². The molecule has 3 rings (SSSR count). The van der Waals surface area contributed by atoms with Crippen molar-refractivity contribution in [3.05, 3.63) is 12.2 Å². The minimum absolute atomic E-state index is 0.0301. The van der Waals surface area contributed by atoms with Crippen molar-refractivity contribution in [1.29, 1.82) is 0 Å². The summed E-state index contributed by atoms with van der Waals surface area (Å²) in [5.74, 6) is 0.434. The molecule has 1 fully saturated rings. The summed E-state index contributed by atoms with van der Waals surface area (Å²) in [7, 11) is 0. The number of carbonyl (C=O) groups is 1. The molecule has 10 heavy (non-hydrogen) atoms. The van der Waals surface area contributed by atoms with Crippen molar-refractivity contribution < 1.29 is 9.53 Å². The molecule has 0 saturated carbocycles. The Labute approximate surface area is 59.9 Å². The highest BCUT2D eigenvalue weighted by atomic mass is 16.5. The summed E-state index contributed by atoms with van der Waals surface area (Å²) in [6.45, 7) is 0. The molecule has 0 N–H and O–H groups in total. The number of ether oxygens (including phenoxy) is 1. The molecule has 0 aromatic carbocycles. The lowest BCUT2D eigenvalue weighted by atomic mass is 9.93. The van der Waals surface area contributed by atoms with Crippen molar-refractivity contribution >= 4 is 5.97 Å². The van der Waals surface area contributed by atoms with Crippen LogP contribution in [0.15, 0.2) is 12.2 Å². The fourth-order valence-corrected chi connectivity index (χ4v) is 1.55. The highest BCUT2D eigenvalue weighted by Crippen LogP contribution is 2.27. The van der Waals surface area contributed by atoms with Gasteiger partial charge in [-0.2, -0.15) is 0 Å². The average Bonchev–Trinajstić information content (AvgIpc) is 2.17. The first-order chi connectivity index (χ1) is 4.84. The van der Waals surface area contributed by atoms with E-state index in [0.29, 0.717) is 12.3 Å². The molecule has 0 radical (unpaired) electrons. The Morgan fingerprint density at radius 3 is 3.00 bits per heavy atom. The molecule has 0 aromatic heterocycles. The molecular formula is C8H10O2. The molecule has 2 heterocycles. The van der Waals surface area contributed by atoms with Crippen LogP contribution in [0, 0.1) is 5.92 Å². The van der Waals surface area contributed by atoms with E-state index >= 15 is 0 Å². The van der Waals surface area contributed by atoms with E-state index in [1.165, 1.54) is 0 Å². The van der Waals surface area contributed by atoms with Crippen molar-refractivity contribution in [3.63, 3.8) is 0 Å². The first-order valence-corrected chi connectivity index (χ1v) is 3.72. The van der Waals surface area contributed by atoms with Gasteiger partial charge in [-0.25, -0.2) is 0 Å². The van der Waals surface area contributed by atoms with E-state index in [2.05, 4.69) is 6.08 Å². The van der Waals surface area contributed by atoms with Gasteiger partial charge in [-0.15, -0.1) is 0 Å². The number of hydrogen-bond acceptors (Lipinski definition) is 2. The van der Waals surface area contributed by atoms with Crippen LogP contribution in [0.2, 0.25) is 0 Å². The lowest BCUT2D eigenvalue weighted by Crippen LogP contribution is -2.11. The molecule has 2 bridgehead atoms. The number of esters is 1. The molecule has 1 aliphatic carbocycles. The monoisotopic (exact) mass is 138 g/mol. The van der Waals surface area contributed by atoms with Gasteiger partial charge in [0.1, 0.15) is 6.10 Å². The average molecular weight is 138 g/mol. The molecule has 0 spiro atoms. The van der Waals surface area contributed by atoms with E-state index in [1.807, 2.05) is 6.08 Å². The van der Waals surface area contributed by atoms with E-state index in [1.54, 1.807) is 0 Å². The second-order valence-electron chi connectivity index (χ2n) is 2.95. The van der Waals surface area contributed by atoms with Crippen molar-refractivity contribution in [1.82, 2.24) is 0 Å². The molecule has 3 aliphatic rings. The van der Waals surface area contributed by atoms with E-state index < -0.39 is 0 Å². The molecule has 0 amide bonds. The third-order valence-corrected chi connectivity index (χ3v) is 2.13. The smallest absolute Gasteiger partial charge is 0.306 e. The molecule has 0 aromatic rings. The fraction of sp³-hybridized carbons (Fsp3) is 0.625.